The Kier molecular flexibility index (Phi) is 5.91. The van der Waals surface area contributed by atoms with Crippen molar-refractivity contribution in [3.8, 4) is 0 Å². The van der Waals surface area contributed by atoms with Crippen LogP contribution in [0.1, 0.15) is 6.42 Å². The van der Waals surface area contributed by atoms with Crippen LogP contribution >= 0.6 is 0 Å². The van der Waals surface area contributed by atoms with Crippen LogP contribution in [-0.2, 0) is 21.8 Å². The van der Waals surface area contributed by atoms with Crippen molar-refractivity contribution in [3.63, 3.8) is 0 Å². The number of hydrogen-bond donors (Lipinski definition) is 1. The fraction of sp³-hybridized carbons (Fsp3) is 0.143. The van der Waals surface area contributed by atoms with Gasteiger partial charge in [-0.2, -0.15) is 0 Å². The van der Waals surface area contributed by atoms with E-state index in [4.69, 9.17) is 0 Å². The van der Waals surface area contributed by atoms with Gasteiger partial charge in [0, 0.05) is 0 Å². The van der Waals surface area contributed by atoms with Crippen LogP contribution in [-0.4, -0.2) is 4.98 Å². The minimum Gasteiger partial charge on any atom is -1.00 e. The number of hydrogen-bond acceptors (Lipinski definition) is 0. The Bertz CT molecular complexity index is 553. The maximum absolute atomic E-state index is 3.59. The van der Waals surface area contributed by atoms with Crippen molar-refractivity contribution in [1.29, 1.82) is 0 Å². The number of nitrogens with one attached hydrogen (secondary N) is 1. The summed E-state index contributed by atoms with van der Waals surface area (Å²) >= 11 is -1.54. The van der Waals surface area contributed by atoms with E-state index in [1.807, 2.05) is 0 Å². The smallest absolute Gasteiger partial charge is 1.00 e. The Morgan fingerprint density at radius 3 is 2.61 bits per heavy atom. The van der Waals surface area contributed by atoms with Crippen LogP contribution in [0.3, 0.4) is 0 Å². The number of rotatable bonds is 2. The molecule has 0 atom stereocenters. The molecule has 0 radical (unpaired) electrons. The van der Waals surface area contributed by atoms with E-state index in [1.165, 1.54) is 20.7 Å². The molecule has 0 unspecified atom stereocenters. The first kappa shape index (κ1) is 15.8. The van der Waals surface area contributed by atoms with Gasteiger partial charge in [0.2, 0.25) is 0 Å². The molecular formula is C14H14Cl2NZr. The van der Waals surface area contributed by atoms with Gasteiger partial charge in [0.1, 0.15) is 0 Å². The van der Waals surface area contributed by atoms with E-state index in [2.05, 4.69) is 58.2 Å². The maximum atomic E-state index is 3.59. The number of allylic oxidation sites excluding steroid dienone is 4. The van der Waals surface area contributed by atoms with Gasteiger partial charge in [-0.1, -0.05) is 0 Å². The van der Waals surface area contributed by atoms with Crippen LogP contribution in [0.4, 0.5) is 0 Å². The van der Waals surface area contributed by atoms with Crippen molar-refractivity contribution in [2.24, 2.45) is 0 Å². The van der Waals surface area contributed by atoms with Crippen molar-refractivity contribution in [2.75, 3.05) is 0 Å². The number of aromatic nitrogens is 1. The normalized spacial score (nSPS) is 12.8. The zero-order valence-electron chi connectivity index (χ0n) is 10.1. The van der Waals surface area contributed by atoms with E-state index in [1.54, 1.807) is 3.28 Å². The quantitative estimate of drug-likeness (QED) is 0.602. The Hall–Kier alpha value is -0.297. The van der Waals surface area contributed by atoms with Crippen LogP contribution < -0.4 is 28.2 Å². The molecule has 4 heteroatoms. The molecule has 1 aliphatic carbocycles. The van der Waals surface area contributed by atoms with E-state index < -0.39 is 21.8 Å². The van der Waals surface area contributed by atoms with Crippen LogP contribution in [0, 0.1) is 0 Å². The molecular weight excluding hydrogens is 344 g/mol. The van der Waals surface area contributed by atoms with E-state index in [-0.39, 0.29) is 24.8 Å². The zero-order chi connectivity index (χ0) is 11.0. The van der Waals surface area contributed by atoms with Gasteiger partial charge in [0.25, 0.3) is 0 Å². The van der Waals surface area contributed by atoms with Gasteiger partial charge >= 0.3 is 104 Å². The van der Waals surface area contributed by atoms with Gasteiger partial charge in [0.15, 0.2) is 0 Å². The summed E-state index contributed by atoms with van der Waals surface area (Å²) in [6, 6.07) is 10.9. The number of halogens is 2. The van der Waals surface area contributed by atoms with Gasteiger partial charge < -0.3 is 24.8 Å². The summed E-state index contributed by atoms with van der Waals surface area (Å²) in [5, 5.41) is 1.35. The molecule has 0 fully saturated rings. The predicted molar refractivity (Wildman–Crippen MR) is 65.6 cm³/mol. The van der Waals surface area contributed by atoms with Gasteiger partial charge in [-0.15, -0.1) is 0 Å². The van der Waals surface area contributed by atoms with Crippen LogP contribution in [0.25, 0.3) is 10.9 Å². The fourth-order valence-electron chi connectivity index (χ4n) is 2.17. The second kappa shape index (κ2) is 6.75. The molecule has 0 aliphatic heterocycles. The SMILES string of the molecule is [CH3][Zr+2]([C]1=CC=CC1)[c]1cc2ccccc2[nH]1.[Cl-].[Cl-]. The summed E-state index contributed by atoms with van der Waals surface area (Å²) in [5.74, 6) is 0. The number of fused-ring (bicyclic) bond motifs is 1. The van der Waals surface area contributed by atoms with Crippen molar-refractivity contribution in [2.45, 2.75) is 11.1 Å². The van der Waals surface area contributed by atoms with Gasteiger partial charge in [0.05, 0.1) is 0 Å². The monoisotopic (exact) mass is 356 g/mol. The van der Waals surface area contributed by atoms with Gasteiger partial charge in [-0.05, 0) is 0 Å². The molecule has 1 aromatic carbocycles. The first-order valence-corrected chi connectivity index (χ1v) is 10.5. The van der Waals surface area contributed by atoms with Gasteiger partial charge in [-0.25, -0.2) is 0 Å². The Morgan fingerprint density at radius 1 is 1.17 bits per heavy atom. The summed E-state index contributed by atoms with van der Waals surface area (Å²) < 4.78 is 5.67. The Morgan fingerprint density at radius 2 is 1.94 bits per heavy atom. The molecule has 1 heterocycles. The van der Waals surface area contributed by atoms with Crippen LogP contribution in [0.15, 0.2) is 51.8 Å². The number of benzene rings is 1. The Balaban J connectivity index is 0.000000810. The summed E-state index contributed by atoms with van der Waals surface area (Å²) in [5.41, 5.74) is 1.28. The largest absolute Gasteiger partial charge is 1.00 e. The molecule has 3 rings (SSSR count). The number of para-hydroxylation sites is 1. The summed E-state index contributed by atoms with van der Waals surface area (Å²) in [6.45, 7) is 0. The number of H-pyrrole nitrogens is 1. The molecule has 1 nitrogen and oxygen atoms in total. The van der Waals surface area contributed by atoms with Gasteiger partial charge in [-0.3, -0.25) is 0 Å². The maximum Gasteiger partial charge on any atom is -1.00 e. The molecule has 1 aromatic heterocycles. The molecule has 1 aliphatic rings. The van der Waals surface area contributed by atoms with E-state index in [0.717, 1.165) is 0 Å². The topological polar surface area (TPSA) is 15.8 Å². The Labute approximate surface area is 128 Å². The minimum atomic E-state index is -1.54. The second-order valence-electron chi connectivity index (χ2n) is 4.22. The minimum absolute atomic E-state index is 0. The molecule has 0 saturated carbocycles. The second-order valence-corrected chi connectivity index (χ2v) is 10.2. The third-order valence-electron chi connectivity index (χ3n) is 3.19. The summed E-state index contributed by atoms with van der Waals surface area (Å²) in [6.07, 6.45) is 7.96. The first-order valence-electron chi connectivity index (χ1n) is 5.62. The molecule has 0 saturated heterocycles. The summed E-state index contributed by atoms with van der Waals surface area (Å²) in [7, 11) is 0. The standard InChI is InChI=1S/C8H6N.C5H5.CH3.2ClH.Zr/c1-2-4-8-7(3-1)5-6-9-8;1-2-4-5-3-1;;;;/h1-5,9H;1-3H,4H2;1H3;2*1H;/q;;;;;+2/p-2. The first-order chi connectivity index (χ1) is 7.84. The summed E-state index contributed by atoms with van der Waals surface area (Å²) in [4.78, 5) is 3.59. The molecule has 2 aromatic rings. The molecule has 93 valence electrons. The molecule has 0 spiro atoms. The average Bonchev–Trinajstić information content (AvgIpc) is 2.97. The van der Waals surface area contributed by atoms with Crippen molar-refractivity contribution < 1.29 is 46.6 Å². The third kappa shape index (κ3) is 2.99. The van der Waals surface area contributed by atoms with Crippen molar-refractivity contribution in [3.05, 3.63) is 51.8 Å². The average molecular weight is 358 g/mol. The van der Waals surface area contributed by atoms with E-state index >= 15 is 0 Å². The third-order valence-corrected chi connectivity index (χ3v) is 9.11. The molecule has 1 N–H and O–H groups in total. The number of aromatic amines is 1. The predicted octanol–water partition coefficient (Wildman–Crippen LogP) is -2.69. The fourth-order valence-corrected chi connectivity index (χ4v) is 6.62. The zero-order valence-corrected chi connectivity index (χ0v) is 14.1. The molecule has 18 heavy (non-hydrogen) atoms. The van der Waals surface area contributed by atoms with E-state index in [9.17, 15) is 0 Å². The van der Waals surface area contributed by atoms with Crippen molar-refractivity contribution >= 4 is 14.3 Å². The molecule has 0 bridgehead atoms. The van der Waals surface area contributed by atoms with Crippen molar-refractivity contribution in [1.82, 2.24) is 4.98 Å². The molecule has 0 amide bonds. The van der Waals surface area contributed by atoms with E-state index in [0.29, 0.717) is 0 Å². The van der Waals surface area contributed by atoms with Crippen LogP contribution in [0.5, 0.6) is 0 Å². The van der Waals surface area contributed by atoms with Crippen LogP contribution in [0.2, 0.25) is 4.63 Å².